The van der Waals surface area contributed by atoms with Crippen LogP contribution in [0.5, 0.6) is 0 Å². The van der Waals surface area contributed by atoms with E-state index in [1.807, 2.05) is 0 Å². The summed E-state index contributed by atoms with van der Waals surface area (Å²) >= 11 is 0. The third-order valence-electron chi connectivity index (χ3n) is 1.48. The Bertz CT molecular complexity index is 113. The van der Waals surface area contributed by atoms with Crippen LogP contribution in [-0.4, -0.2) is 25.0 Å². The molecular formula is C8H18N2O. The van der Waals surface area contributed by atoms with Gasteiger partial charge in [0, 0.05) is 12.1 Å². The van der Waals surface area contributed by atoms with Gasteiger partial charge in [-0.05, 0) is 26.8 Å². The van der Waals surface area contributed by atoms with Crippen LogP contribution in [0, 0.1) is 0 Å². The van der Waals surface area contributed by atoms with Crippen LogP contribution in [-0.2, 0) is 4.79 Å². The van der Waals surface area contributed by atoms with Crippen LogP contribution in [0.15, 0.2) is 0 Å². The van der Waals surface area contributed by atoms with Gasteiger partial charge in [0.25, 0.3) is 0 Å². The second-order valence-corrected chi connectivity index (χ2v) is 3.31. The first-order valence-electron chi connectivity index (χ1n) is 4.04. The van der Waals surface area contributed by atoms with Crippen LogP contribution >= 0.6 is 0 Å². The minimum Gasteiger partial charge on any atom is -0.357 e. The van der Waals surface area contributed by atoms with Gasteiger partial charge in [-0.2, -0.15) is 0 Å². The summed E-state index contributed by atoms with van der Waals surface area (Å²) in [6.45, 7) is 7.93. The minimum absolute atomic E-state index is 0.0108. The van der Waals surface area contributed by atoms with Crippen LogP contribution in [0.2, 0.25) is 0 Å². The zero-order chi connectivity index (χ0) is 8.74. The van der Waals surface area contributed by atoms with Crippen molar-refractivity contribution in [3.63, 3.8) is 0 Å². The van der Waals surface area contributed by atoms with Gasteiger partial charge in [0.2, 0.25) is 6.41 Å². The summed E-state index contributed by atoms with van der Waals surface area (Å²) in [5.41, 5.74) is 0.0108. The van der Waals surface area contributed by atoms with Crippen molar-refractivity contribution >= 4 is 6.41 Å². The minimum atomic E-state index is 0.0108. The predicted molar refractivity (Wildman–Crippen MR) is 46.4 cm³/mol. The molecule has 0 rings (SSSR count). The average molecular weight is 158 g/mol. The molecule has 3 heteroatoms. The van der Waals surface area contributed by atoms with Crippen molar-refractivity contribution in [1.29, 1.82) is 0 Å². The van der Waals surface area contributed by atoms with Crippen molar-refractivity contribution in [2.45, 2.75) is 32.7 Å². The highest BCUT2D eigenvalue weighted by Gasteiger charge is 2.14. The van der Waals surface area contributed by atoms with Crippen molar-refractivity contribution in [2.24, 2.45) is 0 Å². The summed E-state index contributed by atoms with van der Waals surface area (Å²) in [5, 5.41) is 5.98. The van der Waals surface area contributed by atoms with Gasteiger partial charge in [-0.3, -0.25) is 4.79 Å². The van der Waals surface area contributed by atoms with E-state index < -0.39 is 0 Å². The summed E-state index contributed by atoms with van der Waals surface area (Å²) in [5.74, 6) is 0. The summed E-state index contributed by atoms with van der Waals surface area (Å²) < 4.78 is 0. The van der Waals surface area contributed by atoms with Crippen molar-refractivity contribution in [3.8, 4) is 0 Å². The Labute approximate surface area is 68.6 Å². The van der Waals surface area contributed by atoms with Gasteiger partial charge in [0.1, 0.15) is 0 Å². The molecule has 0 aromatic heterocycles. The number of rotatable bonds is 6. The molecule has 0 saturated heterocycles. The molecule has 0 aromatic carbocycles. The lowest BCUT2D eigenvalue weighted by Crippen LogP contribution is -2.47. The highest BCUT2D eigenvalue weighted by atomic mass is 16.1. The molecule has 0 fully saturated rings. The first kappa shape index (κ1) is 10.4. The quantitative estimate of drug-likeness (QED) is 0.553. The van der Waals surface area contributed by atoms with E-state index in [9.17, 15) is 4.79 Å². The van der Waals surface area contributed by atoms with Gasteiger partial charge in [0.05, 0.1) is 0 Å². The number of carbonyl (C=O) groups excluding carboxylic acids is 1. The molecule has 0 aliphatic carbocycles. The molecule has 1 amide bonds. The fourth-order valence-electron chi connectivity index (χ4n) is 0.823. The Morgan fingerprint density at radius 3 is 2.55 bits per heavy atom. The zero-order valence-corrected chi connectivity index (χ0v) is 7.61. The molecule has 0 aliphatic rings. The Morgan fingerprint density at radius 2 is 2.09 bits per heavy atom. The van der Waals surface area contributed by atoms with Gasteiger partial charge >= 0.3 is 0 Å². The summed E-state index contributed by atoms with van der Waals surface area (Å²) in [7, 11) is 0. The maximum atomic E-state index is 9.99. The third kappa shape index (κ3) is 5.85. The standard InChI is InChI=1S/C8H18N2O/c1-4-5-10-8(2,3)6-9-7-11/h7,10H,4-6H2,1-3H3,(H,9,11). The van der Waals surface area contributed by atoms with E-state index in [1.165, 1.54) is 0 Å². The Morgan fingerprint density at radius 1 is 1.45 bits per heavy atom. The molecule has 0 radical (unpaired) electrons. The van der Waals surface area contributed by atoms with Crippen molar-refractivity contribution in [3.05, 3.63) is 0 Å². The van der Waals surface area contributed by atoms with E-state index in [0.29, 0.717) is 6.54 Å². The number of hydrogen-bond acceptors (Lipinski definition) is 2. The SMILES string of the molecule is CCCNC(C)(C)CNC=O. The molecular weight excluding hydrogens is 140 g/mol. The van der Waals surface area contributed by atoms with E-state index in [-0.39, 0.29) is 5.54 Å². The van der Waals surface area contributed by atoms with Gasteiger partial charge in [-0.25, -0.2) is 0 Å². The highest BCUT2D eigenvalue weighted by molar-refractivity contribution is 5.46. The fourth-order valence-corrected chi connectivity index (χ4v) is 0.823. The molecule has 0 bridgehead atoms. The predicted octanol–water partition coefficient (Wildman–Crippen LogP) is 0.511. The van der Waals surface area contributed by atoms with Gasteiger partial charge in [0.15, 0.2) is 0 Å². The summed E-state index contributed by atoms with van der Waals surface area (Å²) in [6.07, 6.45) is 1.85. The monoisotopic (exact) mass is 158 g/mol. The maximum absolute atomic E-state index is 9.99. The van der Waals surface area contributed by atoms with E-state index in [4.69, 9.17) is 0 Å². The number of carbonyl (C=O) groups is 1. The largest absolute Gasteiger partial charge is 0.357 e. The number of amides is 1. The van der Waals surface area contributed by atoms with Crippen molar-refractivity contribution < 1.29 is 4.79 Å². The Kier molecular flexibility index (Phi) is 4.86. The van der Waals surface area contributed by atoms with E-state index in [0.717, 1.165) is 19.4 Å². The van der Waals surface area contributed by atoms with E-state index >= 15 is 0 Å². The molecule has 2 N–H and O–H groups in total. The van der Waals surface area contributed by atoms with Crippen molar-refractivity contribution in [2.75, 3.05) is 13.1 Å². The molecule has 0 spiro atoms. The number of hydrogen-bond donors (Lipinski definition) is 2. The molecule has 3 nitrogen and oxygen atoms in total. The third-order valence-corrected chi connectivity index (χ3v) is 1.48. The lowest BCUT2D eigenvalue weighted by atomic mass is 10.1. The summed E-state index contributed by atoms with van der Waals surface area (Å²) in [6, 6.07) is 0. The molecule has 0 heterocycles. The van der Waals surface area contributed by atoms with Crippen LogP contribution in [0.4, 0.5) is 0 Å². The number of nitrogens with one attached hydrogen (secondary N) is 2. The normalized spacial score (nSPS) is 11.2. The second kappa shape index (κ2) is 5.13. The molecule has 0 aliphatic heterocycles. The lowest BCUT2D eigenvalue weighted by Gasteiger charge is -2.25. The first-order valence-corrected chi connectivity index (χ1v) is 4.04. The van der Waals surface area contributed by atoms with Crippen LogP contribution < -0.4 is 10.6 Å². The Balaban J connectivity index is 3.51. The zero-order valence-electron chi connectivity index (χ0n) is 7.61. The lowest BCUT2D eigenvalue weighted by molar-refractivity contribution is -0.109. The second-order valence-electron chi connectivity index (χ2n) is 3.31. The first-order chi connectivity index (χ1) is 5.12. The molecule has 0 unspecified atom stereocenters. The Hall–Kier alpha value is -0.570. The topological polar surface area (TPSA) is 41.1 Å². The van der Waals surface area contributed by atoms with Gasteiger partial charge in [-0.15, -0.1) is 0 Å². The van der Waals surface area contributed by atoms with Gasteiger partial charge in [-0.1, -0.05) is 6.92 Å². The maximum Gasteiger partial charge on any atom is 0.207 e. The van der Waals surface area contributed by atoms with E-state index in [2.05, 4.69) is 31.4 Å². The molecule has 11 heavy (non-hydrogen) atoms. The van der Waals surface area contributed by atoms with Crippen molar-refractivity contribution in [1.82, 2.24) is 10.6 Å². The molecule has 0 aromatic rings. The van der Waals surface area contributed by atoms with Crippen LogP contribution in [0.25, 0.3) is 0 Å². The molecule has 0 saturated carbocycles. The smallest absolute Gasteiger partial charge is 0.207 e. The van der Waals surface area contributed by atoms with Crippen LogP contribution in [0.1, 0.15) is 27.2 Å². The average Bonchev–Trinajstić information content (AvgIpc) is 1.97. The molecule has 66 valence electrons. The molecule has 0 atom stereocenters. The van der Waals surface area contributed by atoms with Crippen LogP contribution in [0.3, 0.4) is 0 Å². The van der Waals surface area contributed by atoms with Gasteiger partial charge < -0.3 is 10.6 Å². The highest BCUT2D eigenvalue weighted by Crippen LogP contribution is 1.98. The fraction of sp³-hybridized carbons (Fsp3) is 0.875. The summed E-state index contributed by atoms with van der Waals surface area (Å²) in [4.78, 5) is 9.99. The van der Waals surface area contributed by atoms with E-state index in [1.54, 1.807) is 0 Å².